The zero-order chi connectivity index (χ0) is 18.0. The van der Waals surface area contributed by atoms with Crippen LogP contribution >= 0.6 is 0 Å². The summed E-state index contributed by atoms with van der Waals surface area (Å²) >= 11 is 0. The molecular weight excluding hydrogens is 332 g/mol. The van der Waals surface area contributed by atoms with Crippen molar-refractivity contribution in [1.82, 2.24) is 9.55 Å². The van der Waals surface area contributed by atoms with Crippen LogP contribution in [0.5, 0.6) is 0 Å². The quantitative estimate of drug-likeness (QED) is 0.327. The van der Waals surface area contributed by atoms with Crippen molar-refractivity contribution in [1.29, 1.82) is 0 Å². The largest absolute Gasteiger partial charge is 0.455 e. The molecule has 0 unspecified atom stereocenters. The van der Waals surface area contributed by atoms with Crippen LogP contribution in [0.1, 0.15) is 0 Å². The smallest absolute Gasteiger partial charge is 0.146 e. The van der Waals surface area contributed by atoms with Crippen molar-refractivity contribution in [2.45, 2.75) is 0 Å². The maximum atomic E-state index is 6.53. The summed E-state index contributed by atoms with van der Waals surface area (Å²) < 4.78 is 8.55. The summed E-state index contributed by atoms with van der Waals surface area (Å²) in [5, 5.41) is 7.08. The molecule has 0 amide bonds. The zero-order valence-corrected chi connectivity index (χ0v) is 14.8. The molecule has 0 radical (unpaired) electrons. The Kier molecular flexibility index (Phi) is 2.81. The minimum atomic E-state index is 0.891. The number of hydrogen-bond acceptors (Lipinski definition) is 2. The summed E-state index contributed by atoms with van der Waals surface area (Å²) in [4.78, 5) is 4.52. The molecule has 128 valence electrons. The van der Waals surface area contributed by atoms with Gasteiger partial charge < -0.3 is 8.98 Å². The first-order valence-electron chi connectivity index (χ1n) is 9.05. The summed E-state index contributed by atoms with van der Waals surface area (Å²) in [6.45, 7) is 0. The molecule has 0 spiro atoms. The van der Waals surface area contributed by atoms with Crippen LogP contribution in [0.25, 0.3) is 54.9 Å². The third kappa shape index (κ3) is 1.94. The first-order chi connectivity index (χ1) is 13.3. The van der Waals surface area contributed by atoms with Gasteiger partial charge in [-0.1, -0.05) is 54.6 Å². The molecule has 4 aromatic carbocycles. The van der Waals surface area contributed by atoms with Gasteiger partial charge >= 0.3 is 0 Å². The van der Waals surface area contributed by atoms with Crippen molar-refractivity contribution in [3.05, 3.63) is 79.1 Å². The van der Waals surface area contributed by atoms with E-state index in [4.69, 9.17) is 4.42 Å². The number of benzene rings is 4. The van der Waals surface area contributed by atoms with Crippen molar-refractivity contribution in [2.24, 2.45) is 7.05 Å². The molecule has 0 aliphatic heterocycles. The van der Waals surface area contributed by atoms with E-state index in [0.717, 1.165) is 33.3 Å². The Bertz CT molecular complexity index is 1490. The highest BCUT2D eigenvalue weighted by Crippen LogP contribution is 2.40. The average molecular weight is 348 g/mol. The van der Waals surface area contributed by atoms with E-state index in [1.54, 1.807) is 0 Å². The molecule has 2 heterocycles. The van der Waals surface area contributed by atoms with Crippen molar-refractivity contribution < 1.29 is 4.42 Å². The van der Waals surface area contributed by atoms with E-state index in [-0.39, 0.29) is 0 Å². The van der Waals surface area contributed by atoms with Crippen LogP contribution in [0, 0.1) is 0 Å². The topological polar surface area (TPSA) is 31.0 Å². The molecule has 0 N–H and O–H groups in total. The van der Waals surface area contributed by atoms with Gasteiger partial charge in [-0.2, -0.15) is 0 Å². The fourth-order valence-corrected chi connectivity index (χ4v) is 4.14. The normalized spacial score (nSPS) is 11.9. The highest BCUT2D eigenvalue weighted by atomic mass is 16.3. The SMILES string of the molecule is Cn1ccnc1-c1cccc2c1oc1c2ccc2ccc3ccccc3c21. The maximum Gasteiger partial charge on any atom is 0.146 e. The Morgan fingerprint density at radius 1 is 0.741 bits per heavy atom. The fraction of sp³-hybridized carbons (Fsp3) is 0.0417. The first-order valence-corrected chi connectivity index (χ1v) is 9.05. The van der Waals surface area contributed by atoms with E-state index in [9.17, 15) is 0 Å². The molecule has 3 nitrogen and oxygen atoms in total. The highest BCUT2D eigenvalue weighted by molar-refractivity contribution is 6.23. The number of aromatic nitrogens is 2. The van der Waals surface area contributed by atoms with Gasteiger partial charge in [0.05, 0.1) is 5.56 Å². The molecule has 27 heavy (non-hydrogen) atoms. The van der Waals surface area contributed by atoms with Crippen LogP contribution in [0.3, 0.4) is 0 Å². The number of nitrogens with zero attached hydrogens (tertiary/aromatic N) is 2. The second kappa shape index (κ2) is 5.21. The summed E-state index contributed by atoms with van der Waals surface area (Å²) in [6, 6.07) is 23.5. The Hall–Kier alpha value is -3.59. The van der Waals surface area contributed by atoms with E-state index in [1.807, 2.05) is 24.0 Å². The fourth-order valence-electron chi connectivity index (χ4n) is 4.14. The minimum absolute atomic E-state index is 0.891. The molecule has 3 heteroatoms. The van der Waals surface area contributed by atoms with Gasteiger partial charge in [-0.25, -0.2) is 4.98 Å². The van der Waals surface area contributed by atoms with Gasteiger partial charge in [-0.3, -0.25) is 0 Å². The van der Waals surface area contributed by atoms with E-state index in [2.05, 4.69) is 71.7 Å². The van der Waals surface area contributed by atoms with Gasteiger partial charge in [0.2, 0.25) is 0 Å². The molecule has 0 aliphatic carbocycles. The summed E-state index contributed by atoms with van der Waals surface area (Å²) in [7, 11) is 2.01. The summed E-state index contributed by atoms with van der Waals surface area (Å²) in [5.74, 6) is 0.911. The van der Waals surface area contributed by atoms with Gasteiger partial charge in [-0.15, -0.1) is 0 Å². The molecule has 6 aromatic rings. The lowest BCUT2D eigenvalue weighted by molar-refractivity contribution is 0.673. The van der Waals surface area contributed by atoms with Gasteiger partial charge in [0.25, 0.3) is 0 Å². The van der Waals surface area contributed by atoms with Gasteiger partial charge in [0.1, 0.15) is 17.0 Å². The molecule has 0 bridgehead atoms. The van der Waals surface area contributed by atoms with E-state index >= 15 is 0 Å². The standard InChI is InChI=1S/C24H16N2O/c1-26-14-13-25-24(26)20-8-4-7-18-19-12-11-16-10-9-15-5-2-3-6-17(15)21(16)23(19)27-22(18)20/h2-14H,1H3. The molecule has 0 aliphatic rings. The van der Waals surface area contributed by atoms with Crippen LogP contribution in [0.4, 0.5) is 0 Å². The monoisotopic (exact) mass is 348 g/mol. The van der Waals surface area contributed by atoms with Crippen LogP contribution in [0.2, 0.25) is 0 Å². The molecule has 2 aromatic heterocycles. The molecule has 0 saturated carbocycles. The second-order valence-corrected chi connectivity index (χ2v) is 6.97. The van der Waals surface area contributed by atoms with Gasteiger partial charge in [0.15, 0.2) is 0 Å². The van der Waals surface area contributed by atoms with Crippen molar-refractivity contribution in [3.8, 4) is 11.4 Å². The van der Waals surface area contributed by atoms with Crippen molar-refractivity contribution in [2.75, 3.05) is 0 Å². The third-order valence-electron chi connectivity index (χ3n) is 5.43. The summed E-state index contributed by atoms with van der Waals surface area (Å²) in [6.07, 6.45) is 3.78. The zero-order valence-electron chi connectivity index (χ0n) is 14.8. The number of aryl methyl sites for hydroxylation is 1. The van der Waals surface area contributed by atoms with Crippen LogP contribution < -0.4 is 0 Å². The Morgan fingerprint density at radius 3 is 2.41 bits per heavy atom. The molecule has 0 fully saturated rings. The molecular formula is C24H16N2O. The second-order valence-electron chi connectivity index (χ2n) is 6.97. The number of imidazole rings is 1. The van der Waals surface area contributed by atoms with Crippen LogP contribution in [-0.2, 0) is 7.05 Å². The molecule has 6 rings (SSSR count). The molecule has 0 saturated heterocycles. The number of furan rings is 1. The minimum Gasteiger partial charge on any atom is -0.455 e. The number of hydrogen-bond donors (Lipinski definition) is 0. The van der Waals surface area contributed by atoms with E-state index in [0.29, 0.717) is 0 Å². The Balaban J connectivity index is 1.83. The first kappa shape index (κ1) is 14.6. The third-order valence-corrected chi connectivity index (χ3v) is 5.43. The predicted molar refractivity (Wildman–Crippen MR) is 111 cm³/mol. The number of para-hydroxylation sites is 1. The van der Waals surface area contributed by atoms with E-state index in [1.165, 1.54) is 21.5 Å². The Morgan fingerprint density at radius 2 is 1.52 bits per heavy atom. The van der Waals surface area contributed by atoms with Crippen molar-refractivity contribution in [3.63, 3.8) is 0 Å². The lowest BCUT2D eigenvalue weighted by atomic mass is 9.99. The number of fused-ring (bicyclic) bond motifs is 7. The van der Waals surface area contributed by atoms with E-state index < -0.39 is 0 Å². The van der Waals surface area contributed by atoms with Crippen LogP contribution in [0.15, 0.2) is 83.5 Å². The van der Waals surface area contributed by atoms with Gasteiger partial charge in [0, 0.05) is 35.6 Å². The lowest BCUT2D eigenvalue weighted by Crippen LogP contribution is -1.91. The predicted octanol–water partition coefficient (Wildman–Crippen LogP) is 6.29. The number of rotatable bonds is 1. The van der Waals surface area contributed by atoms with Crippen molar-refractivity contribution >= 4 is 43.5 Å². The molecule has 0 atom stereocenters. The van der Waals surface area contributed by atoms with Gasteiger partial charge in [-0.05, 0) is 28.3 Å². The maximum absolute atomic E-state index is 6.53. The Labute approximate surface area is 155 Å². The summed E-state index contributed by atoms with van der Waals surface area (Å²) in [5.41, 5.74) is 2.85. The lowest BCUT2D eigenvalue weighted by Gasteiger charge is -2.04. The highest BCUT2D eigenvalue weighted by Gasteiger charge is 2.17. The van der Waals surface area contributed by atoms with Crippen LogP contribution in [-0.4, -0.2) is 9.55 Å². The average Bonchev–Trinajstić information content (AvgIpc) is 3.30.